The molecule has 6 heteroatoms. The van der Waals surface area contributed by atoms with Crippen LogP contribution in [0.5, 0.6) is 0 Å². The molecule has 24 heavy (non-hydrogen) atoms. The summed E-state index contributed by atoms with van der Waals surface area (Å²) in [6, 6.07) is 7.56. The highest BCUT2D eigenvalue weighted by Gasteiger charge is 2.31. The number of piperidine rings is 1. The van der Waals surface area contributed by atoms with Gasteiger partial charge in [-0.15, -0.1) is 0 Å². The first-order valence-electron chi connectivity index (χ1n) is 8.59. The van der Waals surface area contributed by atoms with Crippen LogP contribution in [-0.2, 0) is 20.6 Å². The molecular formula is C18H28N2O3S. The summed E-state index contributed by atoms with van der Waals surface area (Å²) in [6.45, 7) is 7.56. The molecule has 0 spiro atoms. The summed E-state index contributed by atoms with van der Waals surface area (Å²) in [4.78, 5) is 12.1. The van der Waals surface area contributed by atoms with E-state index in [1.165, 1.54) is 4.31 Å². The first-order valence-corrected chi connectivity index (χ1v) is 10.2. The Kier molecular flexibility index (Phi) is 6.40. The summed E-state index contributed by atoms with van der Waals surface area (Å²) >= 11 is 0. The van der Waals surface area contributed by atoms with Crippen LogP contribution in [0.1, 0.15) is 37.8 Å². The molecular weight excluding hydrogens is 324 g/mol. The molecule has 5 nitrogen and oxygen atoms in total. The lowest BCUT2D eigenvalue weighted by atomic mass is 9.97. The molecule has 0 aromatic heterocycles. The first-order chi connectivity index (χ1) is 11.3. The van der Waals surface area contributed by atoms with E-state index in [1.807, 2.05) is 31.2 Å². The van der Waals surface area contributed by atoms with E-state index < -0.39 is 10.0 Å². The second kappa shape index (κ2) is 8.12. The van der Waals surface area contributed by atoms with Crippen LogP contribution >= 0.6 is 0 Å². The van der Waals surface area contributed by atoms with Gasteiger partial charge in [-0.3, -0.25) is 4.79 Å². The predicted octanol–water partition coefficient (Wildman–Crippen LogP) is 2.31. The van der Waals surface area contributed by atoms with Gasteiger partial charge in [-0.1, -0.05) is 38.1 Å². The maximum absolute atomic E-state index is 12.6. The molecule has 0 atom stereocenters. The molecule has 1 aromatic carbocycles. The molecule has 0 unspecified atom stereocenters. The highest BCUT2D eigenvalue weighted by atomic mass is 32.2. The second-order valence-corrected chi connectivity index (χ2v) is 8.96. The van der Waals surface area contributed by atoms with E-state index in [0.717, 1.165) is 11.1 Å². The van der Waals surface area contributed by atoms with E-state index in [9.17, 15) is 13.2 Å². The van der Waals surface area contributed by atoms with Gasteiger partial charge in [0.15, 0.2) is 0 Å². The summed E-state index contributed by atoms with van der Waals surface area (Å²) in [5.74, 6) is 0.431. The van der Waals surface area contributed by atoms with Crippen molar-refractivity contribution in [3.63, 3.8) is 0 Å². The number of carbonyl (C=O) groups excluding carboxylic acids is 1. The molecule has 1 aliphatic heterocycles. The number of hydrogen-bond acceptors (Lipinski definition) is 3. The van der Waals surface area contributed by atoms with Gasteiger partial charge in [0.25, 0.3) is 0 Å². The van der Waals surface area contributed by atoms with Crippen LogP contribution in [0.15, 0.2) is 24.3 Å². The Hall–Kier alpha value is -1.40. The largest absolute Gasteiger partial charge is 0.356 e. The molecule has 1 amide bonds. The van der Waals surface area contributed by atoms with Gasteiger partial charge in [0.05, 0.1) is 5.75 Å². The first kappa shape index (κ1) is 18.9. The summed E-state index contributed by atoms with van der Waals surface area (Å²) in [6.07, 6.45) is 1.19. The lowest BCUT2D eigenvalue weighted by Gasteiger charge is -2.30. The quantitative estimate of drug-likeness (QED) is 0.854. The maximum atomic E-state index is 12.6. The average Bonchev–Trinajstić information content (AvgIpc) is 2.54. The van der Waals surface area contributed by atoms with Gasteiger partial charge in [0, 0.05) is 25.6 Å². The number of nitrogens with one attached hydrogen (secondary N) is 1. The minimum atomic E-state index is -3.33. The van der Waals surface area contributed by atoms with Gasteiger partial charge < -0.3 is 5.32 Å². The number of amides is 1. The third-order valence-electron chi connectivity index (χ3n) is 4.50. The number of benzene rings is 1. The topological polar surface area (TPSA) is 66.5 Å². The number of sulfonamides is 1. The zero-order valence-corrected chi connectivity index (χ0v) is 15.6. The Morgan fingerprint density at radius 3 is 2.46 bits per heavy atom. The molecule has 1 saturated heterocycles. The Labute approximate surface area is 145 Å². The van der Waals surface area contributed by atoms with Gasteiger partial charge in [0.2, 0.25) is 15.9 Å². The van der Waals surface area contributed by atoms with E-state index in [4.69, 9.17) is 0 Å². The van der Waals surface area contributed by atoms with Gasteiger partial charge in [-0.05, 0) is 36.8 Å². The highest BCUT2D eigenvalue weighted by molar-refractivity contribution is 7.88. The van der Waals surface area contributed by atoms with Crippen LogP contribution in [0.2, 0.25) is 0 Å². The number of aryl methyl sites for hydroxylation is 1. The van der Waals surface area contributed by atoms with Crippen molar-refractivity contribution in [1.82, 2.24) is 9.62 Å². The van der Waals surface area contributed by atoms with Crippen LogP contribution in [0.3, 0.4) is 0 Å². The molecule has 0 aliphatic carbocycles. The van der Waals surface area contributed by atoms with E-state index in [-0.39, 0.29) is 17.6 Å². The van der Waals surface area contributed by atoms with Gasteiger partial charge >= 0.3 is 0 Å². The van der Waals surface area contributed by atoms with Crippen LogP contribution in [0.4, 0.5) is 0 Å². The minimum Gasteiger partial charge on any atom is -0.356 e. The summed E-state index contributed by atoms with van der Waals surface area (Å²) < 4.78 is 26.8. The van der Waals surface area contributed by atoms with Crippen molar-refractivity contribution < 1.29 is 13.2 Å². The molecule has 1 fully saturated rings. The third kappa shape index (κ3) is 5.05. The molecule has 2 rings (SSSR count). The number of carbonyl (C=O) groups is 1. The normalized spacial score (nSPS) is 17.2. The second-order valence-electron chi connectivity index (χ2n) is 7.00. The van der Waals surface area contributed by atoms with Gasteiger partial charge in [-0.25, -0.2) is 12.7 Å². The molecule has 1 aromatic rings. The van der Waals surface area contributed by atoms with Crippen molar-refractivity contribution in [3.05, 3.63) is 35.4 Å². The summed E-state index contributed by atoms with van der Waals surface area (Å²) in [7, 11) is -3.33. The van der Waals surface area contributed by atoms with Crippen LogP contribution < -0.4 is 5.32 Å². The third-order valence-corrected chi connectivity index (χ3v) is 6.33. The van der Waals surface area contributed by atoms with Crippen molar-refractivity contribution in [2.24, 2.45) is 11.8 Å². The molecule has 0 saturated carbocycles. The van der Waals surface area contributed by atoms with Crippen molar-refractivity contribution in [3.8, 4) is 0 Å². The fourth-order valence-corrected chi connectivity index (χ4v) is 4.57. The molecule has 0 radical (unpaired) electrons. The lowest BCUT2D eigenvalue weighted by Crippen LogP contribution is -2.43. The van der Waals surface area contributed by atoms with Gasteiger partial charge in [0.1, 0.15) is 0 Å². The summed E-state index contributed by atoms with van der Waals surface area (Å²) in [5, 5.41) is 2.95. The fraction of sp³-hybridized carbons (Fsp3) is 0.611. The molecule has 1 heterocycles. The molecule has 134 valence electrons. The molecule has 0 bridgehead atoms. The zero-order chi connectivity index (χ0) is 17.7. The average molecular weight is 353 g/mol. The number of rotatable bonds is 6. The molecule has 1 aliphatic rings. The van der Waals surface area contributed by atoms with Gasteiger partial charge in [-0.2, -0.15) is 0 Å². The van der Waals surface area contributed by atoms with Crippen molar-refractivity contribution in [2.45, 2.75) is 39.4 Å². The molecule has 1 N–H and O–H groups in total. The van der Waals surface area contributed by atoms with Crippen LogP contribution in [-0.4, -0.2) is 38.3 Å². The predicted molar refractivity (Wildman–Crippen MR) is 95.9 cm³/mol. The van der Waals surface area contributed by atoms with Crippen LogP contribution in [0.25, 0.3) is 0 Å². The van der Waals surface area contributed by atoms with Crippen molar-refractivity contribution in [2.75, 3.05) is 19.6 Å². The van der Waals surface area contributed by atoms with Crippen LogP contribution in [0, 0.1) is 18.8 Å². The van der Waals surface area contributed by atoms with E-state index in [1.54, 1.807) is 0 Å². The van der Waals surface area contributed by atoms with E-state index in [0.29, 0.717) is 38.4 Å². The zero-order valence-electron chi connectivity index (χ0n) is 14.8. The van der Waals surface area contributed by atoms with Crippen molar-refractivity contribution >= 4 is 15.9 Å². The fourth-order valence-electron chi connectivity index (χ4n) is 2.91. The Balaban J connectivity index is 1.91. The SMILES string of the molecule is Cc1ccccc1CS(=O)(=O)N1CCC(C(=O)NCC(C)C)CC1. The monoisotopic (exact) mass is 352 g/mol. The maximum Gasteiger partial charge on any atom is 0.223 e. The minimum absolute atomic E-state index is 0.0316. The van der Waals surface area contributed by atoms with E-state index >= 15 is 0 Å². The highest BCUT2D eigenvalue weighted by Crippen LogP contribution is 2.22. The Morgan fingerprint density at radius 2 is 1.88 bits per heavy atom. The smallest absolute Gasteiger partial charge is 0.223 e. The van der Waals surface area contributed by atoms with E-state index in [2.05, 4.69) is 19.2 Å². The summed E-state index contributed by atoms with van der Waals surface area (Å²) in [5.41, 5.74) is 1.83. The number of nitrogens with zero attached hydrogens (tertiary/aromatic N) is 1. The Bertz CT molecular complexity index is 663. The van der Waals surface area contributed by atoms with Crippen molar-refractivity contribution in [1.29, 1.82) is 0 Å². The Morgan fingerprint density at radius 1 is 1.25 bits per heavy atom. The lowest BCUT2D eigenvalue weighted by molar-refractivity contribution is -0.126. The number of hydrogen-bond donors (Lipinski definition) is 1. The standard InChI is InChI=1S/C18H28N2O3S/c1-14(2)12-19-18(21)16-8-10-20(11-9-16)24(22,23)13-17-7-5-4-6-15(17)3/h4-7,14,16H,8-13H2,1-3H3,(H,19,21).